The van der Waals surface area contributed by atoms with Crippen LogP contribution in [0.1, 0.15) is 49.0 Å². The zero-order chi connectivity index (χ0) is 13.2. The fourth-order valence-electron chi connectivity index (χ4n) is 2.88. The zero-order valence-electron chi connectivity index (χ0n) is 11.3. The van der Waals surface area contributed by atoms with Gasteiger partial charge in [0.05, 0.1) is 5.54 Å². The maximum atomic E-state index is 12.5. The minimum absolute atomic E-state index is 0.154. The molecule has 0 saturated heterocycles. The van der Waals surface area contributed by atoms with Crippen molar-refractivity contribution in [3.63, 3.8) is 0 Å². The van der Waals surface area contributed by atoms with Crippen LogP contribution in [0.5, 0.6) is 0 Å². The Bertz CT molecular complexity index is 466. The number of carbonyl (C=O) groups excluding carboxylic acids is 1. The molecule has 0 aromatic heterocycles. The lowest BCUT2D eigenvalue weighted by molar-refractivity contribution is 0.0625. The summed E-state index contributed by atoms with van der Waals surface area (Å²) in [7, 11) is 0. The van der Waals surface area contributed by atoms with Crippen LogP contribution in [0, 0.1) is 0 Å². The van der Waals surface area contributed by atoms with Gasteiger partial charge in [-0.3, -0.25) is 4.79 Å². The van der Waals surface area contributed by atoms with Crippen molar-refractivity contribution in [2.24, 2.45) is 0 Å². The van der Waals surface area contributed by atoms with Gasteiger partial charge in [0.1, 0.15) is 0 Å². The van der Waals surface area contributed by atoms with E-state index in [9.17, 15) is 4.79 Å². The molecule has 2 heteroatoms. The van der Waals surface area contributed by atoms with Crippen molar-refractivity contribution in [3.8, 4) is 0 Å². The second-order valence-electron chi connectivity index (χ2n) is 4.84. The van der Waals surface area contributed by atoms with Gasteiger partial charge in [0.25, 0.3) is 5.91 Å². The molecule has 1 unspecified atom stereocenters. The van der Waals surface area contributed by atoms with Crippen LogP contribution in [0.25, 0.3) is 0 Å². The molecule has 1 aliphatic rings. The number of fused-ring (bicyclic) bond motifs is 1. The highest BCUT2D eigenvalue weighted by Gasteiger charge is 2.45. The van der Waals surface area contributed by atoms with Gasteiger partial charge in [0.2, 0.25) is 0 Å². The van der Waals surface area contributed by atoms with Gasteiger partial charge in [-0.15, -0.1) is 6.58 Å². The summed E-state index contributed by atoms with van der Waals surface area (Å²) in [5.74, 6) is 0.154. The van der Waals surface area contributed by atoms with Gasteiger partial charge < -0.3 is 4.90 Å². The molecular weight excluding hydrogens is 222 g/mol. The second-order valence-corrected chi connectivity index (χ2v) is 4.84. The number of amides is 1. The first-order valence-corrected chi connectivity index (χ1v) is 6.76. The number of hydrogen-bond donors (Lipinski definition) is 0. The standard InChI is InChI=1S/C16H21NO/c1-4-7-12-17-15(18)13-10-8-9-11-14(13)16(17,5-2)6-3/h5,8-11H,2,4,6-7,12H2,1,3H3. The Kier molecular flexibility index (Phi) is 3.55. The number of benzene rings is 1. The van der Waals surface area contributed by atoms with E-state index in [2.05, 4.69) is 26.5 Å². The molecule has 1 atom stereocenters. The Morgan fingerprint density at radius 1 is 1.33 bits per heavy atom. The van der Waals surface area contributed by atoms with Gasteiger partial charge >= 0.3 is 0 Å². The summed E-state index contributed by atoms with van der Waals surface area (Å²) < 4.78 is 0. The molecule has 0 saturated carbocycles. The maximum absolute atomic E-state index is 12.5. The van der Waals surface area contributed by atoms with Gasteiger partial charge in [-0.1, -0.05) is 44.5 Å². The van der Waals surface area contributed by atoms with Gasteiger partial charge in [-0.05, 0) is 24.5 Å². The summed E-state index contributed by atoms with van der Waals surface area (Å²) in [4.78, 5) is 14.5. The Morgan fingerprint density at radius 3 is 2.67 bits per heavy atom. The van der Waals surface area contributed by atoms with Crippen LogP contribution in [0.15, 0.2) is 36.9 Å². The molecule has 0 fully saturated rings. The lowest BCUT2D eigenvalue weighted by atomic mass is 9.87. The van der Waals surface area contributed by atoms with E-state index in [0.717, 1.165) is 36.9 Å². The second kappa shape index (κ2) is 4.97. The highest BCUT2D eigenvalue weighted by Crippen LogP contribution is 2.42. The maximum Gasteiger partial charge on any atom is 0.255 e. The van der Waals surface area contributed by atoms with Gasteiger partial charge in [-0.25, -0.2) is 0 Å². The van der Waals surface area contributed by atoms with E-state index in [-0.39, 0.29) is 11.4 Å². The summed E-state index contributed by atoms with van der Waals surface area (Å²) in [5, 5.41) is 0. The fourth-order valence-corrected chi connectivity index (χ4v) is 2.88. The smallest absolute Gasteiger partial charge is 0.255 e. The molecule has 2 rings (SSSR count). The van der Waals surface area contributed by atoms with Crippen LogP contribution >= 0.6 is 0 Å². The average molecular weight is 243 g/mol. The molecule has 2 nitrogen and oxygen atoms in total. The normalized spacial score (nSPS) is 22.1. The van der Waals surface area contributed by atoms with E-state index in [0.29, 0.717) is 0 Å². The molecule has 18 heavy (non-hydrogen) atoms. The van der Waals surface area contributed by atoms with Crippen molar-refractivity contribution in [1.29, 1.82) is 0 Å². The lowest BCUT2D eigenvalue weighted by Gasteiger charge is -2.36. The number of carbonyl (C=O) groups is 1. The van der Waals surface area contributed by atoms with E-state index in [1.54, 1.807) is 0 Å². The van der Waals surface area contributed by atoms with Crippen molar-refractivity contribution in [2.75, 3.05) is 6.54 Å². The van der Waals surface area contributed by atoms with Crippen LogP contribution in [0.2, 0.25) is 0 Å². The van der Waals surface area contributed by atoms with Crippen LogP contribution < -0.4 is 0 Å². The van der Waals surface area contributed by atoms with E-state index in [1.807, 2.05) is 29.2 Å². The number of nitrogens with zero attached hydrogens (tertiary/aromatic N) is 1. The molecular formula is C16H21NO. The molecule has 0 spiro atoms. The fraction of sp³-hybridized carbons (Fsp3) is 0.438. The third-order valence-electron chi connectivity index (χ3n) is 3.96. The Hall–Kier alpha value is -1.57. The molecule has 0 bridgehead atoms. The largest absolute Gasteiger partial charge is 0.325 e. The summed E-state index contributed by atoms with van der Waals surface area (Å²) in [6.45, 7) is 9.06. The zero-order valence-corrected chi connectivity index (χ0v) is 11.3. The SMILES string of the molecule is C=CC1(CC)c2ccccc2C(=O)N1CCCC. The third kappa shape index (κ3) is 1.67. The summed E-state index contributed by atoms with van der Waals surface area (Å²) in [6, 6.07) is 7.93. The van der Waals surface area contributed by atoms with Crippen molar-refractivity contribution >= 4 is 5.91 Å². The molecule has 1 aliphatic heterocycles. The van der Waals surface area contributed by atoms with Crippen molar-refractivity contribution in [1.82, 2.24) is 4.90 Å². The predicted molar refractivity (Wildman–Crippen MR) is 74.6 cm³/mol. The molecule has 1 aromatic carbocycles. The Labute approximate surface area is 109 Å². The topological polar surface area (TPSA) is 20.3 Å². The average Bonchev–Trinajstić information content (AvgIpc) is 2.66. The van der Waals surface area contributed by atoms with E-state index in [1.165, 1.54) is 0 Å². The molecule has 1 heterocycles. The van der Waals surface area contributed by atoms with E-state index < -0.39 is 0 Å². The summed E-state index contributed by atoms with van der Waals surface area (Å²) >= 11 is 0. The Balaban J connectivity index is 2.50. The first kappa shape index (κ1) is 12.9. The molecule has 0 radical (unpaired) electrons. The van der Waals surface area contributed by atoms with Crippen LogP contribution in [-0.4, -0.2) is 17.4 Å². The van der Waals surface area contributed by atoms with E-state index in [4.69, 9.17) is 0 Å². The number of unbranched alkanes of at least 4 members (excludes halogenated alkanes) is 1. The van der Waals surface area contributed by atoms with Gasteiger partial charge in [0, 0.05) is 12.1 Å². The molecule has 96 valence electrons. The molecule has 0 aliphatic carbocycles. The highest BCUT2D eigenvalue weighted by atomic mass is 16.2. The monoisotopic (exact) mass is 243 g/mol. The summed E-state index contributed by atoms with van der Waals surface area (Å²) in [6.07, 6.45) is 4.95. The van der Waals surface area contributed by atoms with Crippen molar-refractivity contribution < 1.29 is 4.79 Å². The van der Waals surface area contributed by atoms with Gasteiger partial charge in [-0.2, -0.15) is 0 Å². The minimum atomic E-state index is -0.303. The molecule has 1 amide bonds. The minimum Gasteiger partial charge on any atom is -0.325 e. The predicted octanol–water partition coefficient (Wildman–Crippen LogP) is 3.73. The number of rotatable bonds is 5. The first-order valence-electron chi connectivity index (χ1n) is 6.76. The van der Waals surface area contributed by atoms with E-state index >= 15 is 0 Å². The van der Waals surface area contributed by atoms with Crippen molar-refractivity contribution in [3.05, 3.63) is 48.0 Å². The first-order chi connectivity index (χ1) is 8.71. The van der Waals surface area contributed by atoms with Crippen LogP contribution in [-0.2, 0) is 5.54 Å². The quantitative estimate of drug-likeness (QED) is 0.721. The molecule has 0 N–H and O–H groups in total. The number of hydrogen-bond acceptors (Lipinski definition) is 1. The Morgan fingerprint density at radius 2 is 2.06 bits per heavy atom. The third-order valence-corrected chi connectivity index (χ3v) is 3.96. The highest BCUT2D eigenvalue weighted by molar-refractivity contribution is 6.00. The van der Waals surface area contributed by atoms with Crippen molar-refractivity contribution in [2.45, 2.75) is 38.6 Å². The van der Waals surface area contributed by atoms with Crippen LogP contribution in [0.4, 0.5) is 0 Å². The lowest BCUT2D eigenvalue weighted by Crippen LogP contribution is -2.42. The summed E-state index contributed by atoms with van der Waals surface area (Å²) in [5.41, 5.74) is 1.65. The van der Waals surface area contributed by atoms with Crippen LogP contribution in [0.3, 0.4) is 0 Å². The van der Waals surface area contributed by atoms with Gasteiger partial charge in [0.15, 0.2) is 0 Å². The molecule has 1 aromatic rings.